The minimum Gasteiger partial charge on any atom is -0.347 e. The van der Waals surface area contributed by atoms with Crippen LogP contribution in [-0.4, -0.2) is 42.8 Å². The molecule has 2 aromatic carbocycles. The van der Waals surface area contributed by atoms with Crippen LogP contribution in [-0.2, 0) is 16.0 Å². The molecule has 7 heteroatoms. The molecule has 2 aliphatic heterocycles. The molecule has 2 heterocycles. The zero-order valence-corrected chi connectivity index (χ0v) is 15.2. The summed E-state index contributed by atoms with van der Waals surface area (Å²) in [7, 11) is 0. The van der Waals surface area contributed by atoms with Crippen LogP contribution in [0.25, 0.3) is 0 Å². The molecule has 2 aromatic rings. The highest BCUT2D eigenvalue weighted by molar-refractivity contribution is 6.09. The summed E-state index contributed by atoms with van der Waals surface area (Å²) in [6.45, 7) is 3.53. The van der Waals surface area contributed by atoms with E-state index < -0.39 is 29.0 Å². The largest absolute Gasteiger partial charge is 0.347 e. The lowest BCUT2D eigenvalue weighted by Crippen LogP contribution is -2.44. The van der Waals surface area contributed by atoms with Crippen molar-refractivity contribution in [3.05, 3.63) is 70.5 Å². The molecule has 0 aliphatic carbocycles. The maximum absolute atomic E-state index is 13.4. The summed E-state index contributed by atoms with van der Waals surface area (Å²) in [6.07, 6.45) is 1.58. The molecule has 0 atom stereocenters. The summed E-state index contributed by atoms with van der Waals surface area (Å²) < 4.78 is 51.4. The highest BCUT2D eigenvalue weighted by Gasteiger charge is 2.39. The normalized spacial score (nSPS) is 19.2. The molecule has 2 aliphatic rings. The van der Waals surface area contributed by atoms with Gasteiger partial charge in [0, 0.05) is 43.6 Å². The third-order valence-corrected chi connectivity index (χ3v) is 5.27. The van der Waals surface area contributed by atoms with Crippen molar-refractivity contribution in [1.29, 1.82) is 0 Å². The van der Waals surface area contributed by atoms with E-state index >= 15 is 0 Å². The smallest absolute Gasteiger partial charge is 0.194 e. The Hall–Kier alpha value is -2.22. The molecule has 0 bridgehead atoms. The van der Waals surface area contributed by atoms with Crippen LogP contribution < -0.4 is 0 Å². The van der Waals surface area contributed by atoms with E-state index in [-0.39, 0.29) is 5.56 Å². The average molecular weight is 391 g/mol. The van der Waals surface area contributed by atoms with Crippen LogP contribution in [0.2, 0.25) is 0 Å². The lowest BCUT2D eigenvalue weighted by atomic mass is 9.99. The molecule has 0 aromatic heterocycles. The van der Waals surface area contributed by atoms with Crippen LogP contribution in [0.3, 0.4) is 0 Å². The summed E-state index contributed by atoms with van der Waals surface area (Å²) in [4.78, 5) is 14.8. The van der Waals surface area contributed by atoms with Gasteiger partial charge in [-0.05, 0) is 23.8 Å². The Balaban J connectivity index is 1.45. The Bertz CT molecular complexity index is 863. The van der Waals surface area contributed by atoms with E-state index in [1.54, 1.807) is 18.2 Å². The predicted molar refractivity (Wildman–Crippen MR) is 95.3 cm³/mol. The molecule has 148 valence electrons. The highest BCUT2D eigenvalue weighted by atomic mass is 19.2. The second-order valence-corrected chi connectivity index (χ2v) is 7.17. The van der Waals surface area contributed by atoms with Crippen molar-refractivity contribution in [2.45, 2.75) is 25.2 Å². The number of likely N-dealkylation sites (tertiary alicyclic amines) is 1. The molecule has 2 saturated heterocycles. The second kappa shape index (κ2) is 7.66. The minimum atomic E-state index is -1.58. The van der Waals surface area contributed by atoms with Gasteiger partial charge in [0.25, 0.3) is 0 Å². The molecule has 0 radical (unpaired) electrons. The number of ether oxygens (including phenoxy) is 2. The lowest BCUT2D eigenvalue weighted by molar-refractivity contribution is -0.185. The molecule has 2 fully saturated rings. The van der Waals surface area contributed by atoms with E-state index in [9.17, 15) is 18.0 Å². The number of carbonyl (C=O) groups is 1. The average Bonchev–Trinajstić information content (AvgIpc) is 3.15. The Morgan fingerprint density at radius 3 is 2.25 bits per heavy atom. The number of hydrogen-bond donors (Lipinski definition) is 0. The van der Waals surface area contributed by atoms with Crippen LogP contribution in [0.1, 0.15) is 34.3 Å². The van der Waals surface area contributed by atoms with Gasteiger partial charge >= 0.3 is 0 Å². The van der Waals surface area contributed by atoms with Crippen LogP contribution in [0, 0.1) is 17.5 Å². The third kappa shape index (κ3) is 3.83. The van der Waals surface area contributed by atoms with Gasteiger partial charge in [-0.15, -0.1) is 0 Å². The summed E-state index contributed by atoms with van der Waals surface area (Å²) in [5, 5.41) is 0. The fourth-order valence-corrected chi connectivity index (χ4v) is 3.76. The Morgan fingerprint density at radius 2 is 1.61 bits per heavy atom. The van der Waals surface area contributed by atoms with E-state index in [0.29, 0.717) is 25.3 Å². The van der Waals surface area contributed by atoms with Crippen LogP contribution >= 0.6 is 0 Å². The Kier molecular flexibility index (Phi) is 5.23. The van der Waals surface area contributed by atoms with E-state index in [1.807, 2.05) is 6.07 Å². The van der Waals surface area contributed by atoms with Crippen molar-refractivity contribution in [1.82, 2.24) is 4.90 Å². The first-order valence-corrected chi connectivity index (χ1v) is 9.24. The number of piperidine rings is 1. The van der Waals surface area contributed by atoms with Crippen LogP contribution in [0.4, 0.5) is 13.2 Å². The number of nitrogens with zero attached hydrogens (tertiary/aromatic N) is 1. The van der Waals surface area contributed by atoms with Crippen LogP contribution in [0.5, 0.6) is 0 Å². The van der Waals surface area contributed by atoms with Gasteiger partial charge in [-0.2, -0.15) is 0 Å². The molecule has 0 amide bonds. The van der Waals surface area contributed by atoms with Gasteiger partial charge in [0.05, 0.1) is 13.2 Å². The van der Waals surface area contributed by atoms with Crippen molar-refractivity contribution in [3.63, 3.8) is 0 Å². The number of carbonyl (C=O) groups excluding carboxylic acids is 1. The zero-order chi connectivity index (χ0) is 19.7. The standard InChI is InChI=1S/C21H20F3NO3/c22-17-11-16(12-18(23)19(17)24)20(26)15-3-1-2-14(10-15)13-25-6-4-21(5-7-25)27-8-9-28-21/h1-3,10-12H,4-9,13H2. The first-order valence-electron chi connectivity index (χ1n) is 9.24. The molecule has 4 rings (SSSR count). The monoisotopic (exact) mass is 391 g/mol. The van der Waals surface area contributed by atoms with Gasteiger partial charge in [0.1, 0.15) is 0 Å². The van der Waals surface area contributed by atoms with Crippen LogP contribution in [0.15, 0.2) is 36.4 Å². The third-order valence-electron chi connectivity index (χ3n) is 5.27. The maximum Gasteiger partial charge on any atom is 0.194 e. The second-order valence-electron chi connectivity index (χ2n) is 7.17. The highest BCUT2D eigenvalue weighted by Crippen LogP contribution is 2.31. The fraction of sp³-hybridized carbons (Fsp3) is 0.381. The predicted octanol–water partition coefficient (Wildman–Crippen LogP) is 3.67. The number of rotatable bonds is 4. The summed E-state index contributed by atoms with van der Waals surface area (Å²) >= 11 is 0. The molecule has 1 spiro atoms. The fourth-order valence-electron chi connectivity index (χ4n) is 3.76. The van der Waals surface area contributed by atoms with Crippen molar-refractivity contribution >= 4 is 5.78 Å². The van der Waals surface area contributed by atoms with Gasteiger partial charge < -0.3 is 9.47 Å². The first kappa shape index (κ1) is 19.1. The zero-order valence-electron chi connectivity index (χ0n) is 15.2. The Labute approximate surface area is 160 Å². The quantitative estimate of drug-likeness (QED) is 0.589. The van der Waals surface area contributed by atoms with Gasteiger partial charge in [-0.25, -0.2) is 13.2 Å². The van der Waals surface area contributed by atoms with Gasteiger partial charge in [0.2, 0.25) is 0 Å². The van der Waals surface area contributed by atoms with E-state index in [2.05, 4.69) is 4.90 Å². The van der Waals surface area contributed by atoms with Gasteiger partial charge in [-0.1, -0.05) is 18.2 Å². The maximum atomic E-state index is 13.4. The molecule has 4 nitrogen and oxygen atoms in total. The molecule has 0 unspecified atom stereocenters. The number of benzene rings is 2. The lowest BCUT2D eigenvalue weighted by Gasteiger charge is -2.37. The molecule has 0 saturated carbocycles. The van der Waals surface area contributed by atoms with Crippen molar-refractivity contribution in [2.24, 2.45) is 0 Å². The van der Waals surface area contributed by atoms with Crippen molar-refractivity contribution in [2.75, 3.05) is 26.3 Å². The molecule has 0 N–H and O–H groups in total. The summed E-state index contributed by atoms with van der Waals surface area (Å²) in [6, 6.07) is 8.35. The molecule has 28 heavy (non-hydrogen) atoms. The van der Waals surface area contributed by atoms with E-state index in [4.69, 9.17) is 9.47 Å². The molecular weight excluding hydrogens is 371 g/mol. The Morgan fingerprint density at radius 1 is 0.964 bits per heavy atom. The number of hydrogen-bond acceptors (Lipinski definition) is 4. The van der Waals surface area contributed by atoms with Gasteiger partial charge in [0.15, 0.2) is 29.0 Å². The number of halogens is 3. The summed E-state index contributed by atoms with van der Waals surface area (Å²) in [5.41, 5.74) is 1.00. The SMILES string of the molecule is O=C(c1cccc(CN2CCC3(CC2)OCCO3)c1)c1cc(F)c(F)c(F)c1. The number of ketones is 1. The van der Waals surface area contributed by atoms with Crippen molar-refractivity contribution in [3.8, 4) is 0 Å². The van der Waals surface area contributed by atoms with Crippen molar-refractivity contribution < 1.29 is 27.4 Å². The summed E-state index contributed by atoms with van der Waals surface area (Å²) in [5.74, 6) is -5.32. The topological polar surface area (TPSA) is 38.8 Å². The van der Waals surface area contributed by atoms with E-state index in [0.717, 1.165) is 43.6 Å². The van der Waals surface area contributed by atoms with Gasteiger partial charge in [-0.3, -0.25) is 9.69 Å². The van der Waals surface area contributed by atoms with E-state index in [1.165, 1.54) is 0 Å². The molecular formula is C21H20F3NO3. The minimum absolute atomic E-state index is 0.219. The first-order chi connectivity index (χ1) is 13.5.